The molecule has 1 aromatic heterocycles. The van der Waals surface area contributed by atoms with E-state index in [-0.39, 0.29) is 24.4 Å². The second-order valence-corrected chi connectivity index (χ2v) is 6.17. The number of carbonyl (C=O) groups is 2. The Bertz CT molecular complexity index is 725. The Morgan fingerprint density at radius 3 is 2.64 bits per heavy atom. The number of likely N-dealkylation sites (N-methyl/N-ethyl adjacent to an activating group) is 1. The van der Waals surface area contributed by atoms with Crippen LogP contribution in [0.15, 0.2) is 18.2 Å². The predicted octanol–water partition coefficient (Wildman–Crippen LogP) is 3.07. The molecule has 2 aromatic rings. The van der Waals surface area contributed by atoms with Crippen molar-refractivity contribution in [3.8, 4) is 0 Å². The van der Waals surface area contributed by atoms with Crippen LogP contribution in [0.1, 0.15) is 24.3 Å². The molecule has 1 heterocycles. The molecule has 0 atom stereocenters. The zero-order chi connectivity index (χ0) is 16.4. The summed E-state index contributed by atoms with van der Waals surface area (Å²) < 4.78 is 0. The van der Waals surface area contributed by atoms with Gasteiger partial charge in [0.2, 0.25) is 5.91 Å². The number of hydrogen-bond acceptors (Lipinski definition) is 2. The molecule has 118 valence electrons. The maximum atomic E-state index is 12.4. The van der Waals surface area contributed by atoms with Gasteiger partial charge in [-0.1, -0.05) is 23.2 Å². The first-order chi connectivity index (χ1) is 10.3. The molecule has 0 bridgehead atoms. The van der Waals surface area contributed by atoms with Gasteiger partial charge in [-0.05, 0) is 32.0 Å². The fraction of sp³-hybridized carbons (Fsp3) is 0.333. The molecule has 0 fully saturated rings. The van der Waals surface area contributed by atoms with Crippen LogP contribution in [0.5, 0.6) is 0 Å². The third-order valence-electron chi connectivity index (χ3n) is 3.10. The lowest BCUT2D eigenvalue weighted by atomic mass is 10.2. The van der Waals surface area contributed by atoms with E-state index in [1.165, 1.54) is 4.90 Å². The zero-order valence-corrected chi connectivity index (χ0v) is 14.0. The molecule has 0 aliphatic rings. The molecule has 0 saturated heterocycles. The van der Waals surface area contributed by atoms with Crippen molar-refractivity contribution in [2.45, 2.75) is 19.9 Å². The van der Waals surface area contributed by atoms with Crippen molar-refractivity contribution in [2.24, 2.45) is 0 Å². The molecule has 2 N–H and O–H groups in total. The first-order valence-electron chi connectivity index (χ1n) is 6.81. The molecule has 1 aromatic carbocycles. The molecule has 2 rings (SSSR count). The van der Waals surface area contributed by atoms with Gasteiger partial charge in [-0.3, -0.25) is 9.59 Å². The smallest absolute Gasteiger partial charge is 0.270 e. The maximum absolute atomic E-state index is 12.4. The van der Waals surface area contributed by atoms with Crippen LogP contribution >= 0.6 is 23.2 Å². The lowest BCUT2D eigenvalue weighted by molar-refractivity contribution is -0.122. The Labute approximate surface area is 138 Å². The van der Waals surface area contributed by atoms with Crippen molar-refractivity contribution in [2.75, 3.05) is 13.6 Å². The molecule has 0 saturated carbocycles. The summed E-state index contributed by atoms with van der Waals surface area (Å²) in [6, 6.07) is 5.09. The van der Waals surface area contributed by atoms with Crippen LogP contribution in [-0.4, -0.2) is 41.3 Å². The highest BCUT2D eigenvalue weighted by molar-refractivity contribution is 6.45. The molecular weight excluding hydrogens is 325 g/mol. The van der Waals surface area contributed by atoms with Crippen LogP contribution in [0.4, 0.5) is 0 Å². The van der Waals surface area contributed by atoms with Gasteiger partial charge in [-0.25, -0.2) is 0 Å². The number of carbonyl (C=O) groups excluding carboxylic acids is 2. The number of amides is 2. The Balaban J connectivity index is 2.19. The van der Waals surface area contributed by atoms with Gasteiger partial charge < -0.3 is 15.2 Å². The lowest BCUT2D eigenvalue weighted by Gasteiger charge is -2.17. The van der Waals surface area contributed by atoms with Crippen molar-refractivity contribution >= 4 is 45.9 Å². The van der Waals surface area contributed by atoms with Crippen molar-refractivity contribution in [1.82, 2.24) is 15.2 Å². The number of H-pyrrole nitrogens is 1. The molecule has 2 amide bonds. The topological polar surface area (TPSA) is 65.2 Å². The summed E-state index contributed by atoms with van der Waals surface area (Å²) in [6.45, 7) is 3.72. The van der Waals surface area contributed by atoms with Crippen LogP contribution in [-0.2, 0) is 4.79 Å². The number of aromatic amines is 1. The largest absolute Gasteiger partial charge is 0.352 e. The molecule has 22 heavy (non-hydrogen) atoms. The SMILES string of the molecule is CC(C)NC(=O)CN(C)C(=O)c1cc2c(Cl)c(Cl)ccc2[nH]1. The monoisotopic (exact) mass is 341 g/mol. The molecule has 0 spiro atoms. The summed E-state index contributed by atoms with van der Waals surface area (Å²) >= 11 is 12.1. The fourth-order valence-corrected chi connectivity index (χ4v) is 2.50. The second kappa shape index (κ2) is 6.58. The van der Waals surface area contributed by atoms with Crippen molar-refractivity contribution < 1.29 is 9.59 Å². The molecule has 0 unspecified atom stereocenters. The molecule has 5 nitrogen and oxygen atoms in total. The van der Waals surface area contributed by atoms with E-state index in [9.17, 15) is 9.59 Å². The minimum Gasteiger partial charge on any atom is -0.352 e. The molecule has 7 heteroatoms. The Morgan fingerprint density at radius 2 is 2.00 bits per heavy atom. The minimum absolute atomic E-state index is 0.0130. The molecule has 0 radical (unpaired) electrons. The van der Waals surface area contributed by atoms with E-state index in [1.807, 2.05) is 13.8 Å². The van der Waals surface area contributed by atoms with Crippen molar-refractivity contribution in [1.29, 1.82) is 0 Å². The Kier molecular flexibility index (Phi) is 4.98. The van der Waals surface area contributed by atoms with Gasteiger partial charge in [0.25, 0.3) is 5.91 Å². The van der Waals surface area contributed by atoms with E-state index in [0.29, 0.717) is 21.1 Å². The highest BCUT2D eigenvalue weighted by Gasteiger charge is 2.18. The predicted molar refractivity (Wildman–Crippen MR) is 88.6 cm³/mol. The van der Waals surface area contributed by atoms with Gasteiger partial charge in [-0.2, -0.15) is 0 Å². The number of nitrogens with one attached hydrogen (secondary N) is 2. The zero-order valence-electron chi connectivity index (χ0n) is 12.5. The summed E-state index contributed by atoms with van der Waals surface area (Å²) in [4.78, 5) is 28.4. The summed E-state index contributed by atoms with van der Waals surface area (Å²) in [5.41, 5.74) is 1.08. The van der Waals surface area contributed by atoms with Crippen LogP contribution in [0.25, 0.3) is 10.9 Å². The van der Waals surface area contributed by atoms with Crippen molar-refractivity contribution in [3.05, 3.63) is 33.9 Å². The lowest BCUT2D eigenvalue weighted by Crippen LogP contribution is -2.40. The van der Waals surface area contributed by atoms with Crippen LogP contribution < -0.4 is 5.32 Å². The number of nitrogens with zero attached hydrogens (tertiary/aromatic N) is 1. The van der Waals surface area contributed by atoms with Gasteiger partial charge in [0.1, 0.15) is 5.69 Å². The first-order valence-corrected chi connectivity index (χ1v) is 7.56. The average molecular weight is 342 g/mol. The number of benzene rings is 1. The summed E-state index contributed by atoms with van der Waals surface area (Å²) in [6.07, 6.45) is 0. The van der Waals surface area contributed by atoms with Gasteiger partial charge >= 0.3 is 0 Å². The Morgan fingerprint density at radius 1 is 1.32 bits per heavy atom. The summed E-state index contributed by atoms with van der Waals surface area (Å²) in [7, 11) is 1.57. The minimum atomic E-state index is -0.290. The van der Waals surface area contributed by atoms with E-state index in [4.69, 9.17) is 23.2 Å². The quantitative estimate of drug-likeness (QED) is 0.897. The fourth-order valence-electron chi connectivity index (χ4n) is 2.12. The first kappa shape index (κ1) is 16.6. The maximum Gasteiger partial charge on any atom is 0.270 e. The number of fused-ring (bicyclic) bond motifs is 1. The van der Waals surface area contributed by atoms with E-state index >= 15 is 0 Å². The van der Waals surface area contributed by atoms with Crippen molar-refractivity contribution in [3.63, 3.8) is 0 Å². The van der Waals surface area contributed by atoms with Crippen LogP contribution in [0, 0.1) is 0 Å². The molecule has 0 aliphatic carbocycles. The summed E-state index contributed by atoms with van der Waals surface area (Å²) in [5, 5.41) is 4.25. The highest BCUT2D eigenvalue weighted by atomic mass is 35.5. The Hall–Kier alpha value is -1.72. The third-order valence-corrected chi connectivity index (χ3v) is 3.92. The van der Waals surface area contributed by atoms with E-state index in [0.717, 1.165) is 5.52 Å². The number of hydrogen-bond donors (Lipinski definition) is 2. The third kappa shape index (κ3) is 3.54. The van der Waals surface area contributed by atoms with E-state index < -0.39 is 0 Å². The van der Waals surface area contributed by atoms with Gasteiger partial charge in [-0.15, -0.1) is 0 Å². The number of aromatic nitrogens is 1. The number of rotatable bonds is 4. The molecular formula is C15H17Cl2N3O2. The van der Waals surface area contributed by atoms with E-state index in [2.05, 4.69) is 10.3 Å². The normalized spacial score (nSPS) is 11.0. The second-order valence-electron chi connectivity index (χ2n) is 5.39. The van der Waals surface area contributed by atoms with Crippen LogP contribution in [0.2, 0.25) is 10.0 Å². The van der Waals surface area contributed by atoms with E-state index in [1.54, 1.807) is 25.2 Å². The van der Waals surface area contributed by atoms with Gasteiger partial charge in [0.05, 0.1) is 16.6 Å². The van der Waals surface area contributed by atoms with Gasteiger partial charge in [0, 0.05) is 24.0 Å². The van der Waals surface area contributed by atoms with Crippen LogP contribution in [0.3, 0.4) is 0 Å². The summed E-state index contributed by atoms with van der Waals surface area (Å²) in [5.74, 6) is -0.495. The highest BCUT2D eigenvalue weighted by Crippen LogP contribution is 2.31. The molecule has 0 aliphatic heterocycles. The van der Waals surface area contributed by atoms with Gasteiger partial charge in [0.15, 0.2) is 0 Å². The average Bonchev–Trinajstić information content (AvgIpc) is 2.85. The standard InChI is InChI=1S/C15H17Cl2N3O2/c1-8(2)18-13(21)7-20(3)15(22)12-6-9-11(19-12)5-4-10(16)14(9)17/h4-6,8,19H,7H2,1-3H3,(H,18,21). The number of halogens is 2.